The van der Waals surface area contributed by atoms with Crippen molar-refractivity contribution in [2.24, 2.45) is 0 Å². The van der Waals surface area contributed by atoms with Crippen LogP contribution >= 0.6 is 0 Å². The molecule has 0 N–H and O–H groups in total. The Morgan fingerprint density at radius 2 is 2.00 bits per heavy atom. The number of hydrogen-bond acceptors (Lipinski definition) is 3. The molecule has 2 heterocycles. The van der Waals surface area contributed by atoms with Crippen LogP contribution in [0, 0.1) is 0 Å². The summed E-state index contributed by atoms with van der Waals surface area (Å²) in [4.78, 5) is 18.3. The van der Waals surface area contributed by atoms with E-state index in [1.165, 1.54) is 0 Å². The first-order valence-electron chi connectivity index (χ1n) is 7.03. The van der Waals surface area contributed by atoms with Gasteiger partial charge in [-0.05, 0) is 25.2 Å². The van der Waals surface area contributed by atoms with Crippen LogP contribution < -0.4 is 0 Å². The van der Waals surface area contributed by atoms with Crippen molar-refractivity contribution in [2.75, 3.05) is 39.3 Å². The summed E-state index contributed by atoms with van der Waals surface area (Å²) in [5.74, 6) is 0.846. The molecule has 2 amide bonds. The maximum Gasteiger partial charge on any atom is 0.320 e. The largest absolute Gasteiger partial charge is 0.467 e. The van der Waals surface area contributed by atoms with Gasteiger partial charge in [0.25, 0.3) is 0 Å². The highest BCUT2D eigenvalue weighted by atomic mass is 16.3. The third-order valence-electron chi connectivity index (χ3n) is 3.69. The van der Waals surface area contributed by atoms with Crippen molar-refractivity contribution in [1.29, 1.82) is 0 Å². The Morgan fingerprint density at radius 1 is 1.26 bits per heavy atom. The zero-order valence-corrected chi connectivity index (χ0v) is 11.8. The van der Waals surface area contributed by atoms with Crippen molar-refractivity contribution >= 4 is 6.03 Å². The van der Waals surface area contributed by atoms with Gasteiger partial charge in [0, 0.05) is 26.2 Å². The summed E-state index contributed by atoms with van der Waals surface area (Å²) in [5, 5.41) is 0. The molecule has 1 aliphatic heterocycles. The van der Waals surface area contributed by atoms with Gasteiger partial charge in [-0.15, -0.1) is 0 Å². The topological polar surface area (TPSA) is 39.9 Å². The number of carbonyl (C=O) groups excluding carboxylic acids is 1. The van der Waals surface area contributed by atoms with E-state index in [2.05, 4.69) is 18.7 Å². The predicted octanol–water partition coefficient (Wildman–Crippen LogP) is 1.86. The average Bonchev–Trinajstić information content (AvgIpc) is 3.04. The van der Waals surface area contributed by atoms with Gasteiger partial charge in [0.15, 0.2) is 0 Å². The third-order valence-corrected chi connectivity index (χ3v) is 3.69. The SMILES string of the molecule is CCN(CC)CCN1CCN(Cc2ccco2)C1=O. The van der Waals surface area contributed by atoms with Gasteiger partial charge in [-0.3, -0.25) is 0 Å². The van der Waals surface area contributed by atoms with Gasteiger partial charge in [-0.2, -0.15) is 0 Å². The molecule has 0 atom stereocenters. The second kappa shape index (κ2) is 6.61. The van der Waals surface area contributed by atoms with Crippen molar-refractivity contribution in [3.63, 3.8) is 0 Å². The minimum Gasteiger partial charge on any atom is -0.467 e. The molecule has 5 nitrogen and oxygen atoms in total. The zero-order valence-electron chi connectivity index (χ0n) is 11.8. The van der Waals surface area contributed by atoms with Crippen LogP contribution in [-0.4, -0.2) is 60.0 Å². The maximum atomic E-state index is 12.2. The number of carbonyl (C=O) groups is 1. The summed E-state index contributed by atoms with van der Waals surface area (Å²) in [7, 11) is 0. The minimum atomic E-state index is 0.128. The van der Waals surface area contributed by atoms with Gasteiger partial charge in [-0.1, -0.05) is 13.8 Å². The monoisotopic (exact) mass is 265 g/mol. The van der Waals surface area contributed by atoms with E-state index < -0.39 is 0 Å². The predicted molar refractivity (Wildman–Crippen MR) is 73.9 cm³/mol. The minimum absolute atomic E-state index is 0.128. The Balaban J connectivity index is 1.80. The lowest BCUT2D eigenvalue weighted by Crippen LogP contribution is -2.37. The van der Waals surface area contributed by atoms with Crippen molar-refractivity contribution in [3.05, 3.63) is 24.2 Å². The van der Waals surface area contributed by atoms with Gasteiger partial charge < -0.3 is 19.1 Å². The zero-order chi connectivity index (χ0) is 13.7. The van der Waals surface area contributed by atoms with Crippen LogP contribution in [0.2, 0.25) is 0 Å². The summed E-state index contributed by atoms with van der Waals surface area (Å²) >= 11 is 0. The van der Waals surface area contributed by atoms with Crippen molar-refractivity contribution in [1.82, 2.24) is 14.7 Å². The van der Waals surface area contributed by atoms with Crippen LogP contribution in [0.15, 0.2) is 22.8 Å². The third kappa shape index (κ3) is 3.50. The Labute approximate surface area is 114 Å². The first-order chi connectivity index (χ1) is 9.24. The lowest BCUT2D eigenvalue weighted by atomic mass is 10.4. The van der Waals surface area contributed by atoms with Gasteiger partial charge >= 0.3 is 6.03 Å². The van der Waals surface area contributed by atoms with E-state index in [1.807, 2.05) is 21.9 Å². The van der Waals surface area contributed by atoms with Gasteiger partial charge in [0.05, 0.1) is 12.8 Å². The quantitative estimate of drug-likeness (QED) is 0.755. The molecule has 0 spiro atoms. The van der Waals surface area contributed by atoms with E-state index in [1.54, 1.807) is 6.26 Å². The molecule has 1 aromatic rings. The molecule has 0 unspecified atom stereocenters. The van der Waals surface area contributed by atoms with Gasteiger partial charge in [0.2, 0.25) is 0 Å². The highest BCUT2D eigenvalue weighted by Crippen LogP contribution is 2.13. The summed E-state index contributed by atoms with van der Waals surface area (Å²) in [6.07, 6.45) is 1.65. The van der Waals surface area contributed by atoms with Crippen LogP contribution in [0.25, 0.3) is 0 Å². The molecule has 106 valence electrons. The Hall–Kier alpha value is -1.49. The van der Waals surface area contributed by atoms with Crippen LogP contribution in [0.4, 0.5) is 4.79 Å². The smallest absolute Gasteiger partial charge is 0.320 e. The Kier molecular flexibility index (Phi) is 4.85. The molecule has 1 saturated heterocycles. The number of nitrogens with zero attached hydrogens (tertiary/aromatic N) is 3. The molecule has 0 bridgehead atoms. The van der Waals surface area contributed by atoms with E-state index in [0.29, 0.717) is 6.54 Å². The molecule has 19 heavy (non-hydrogen) atoms. The molecule has 0 aromatic carbocycles. The number of furan rings is 1. The lowest BCUT2D eigenvalue weighted by Gasteiger charge is -2.23. The fourth-order valence-electron chi connectivity index (χ4n) is 2.38. The summed E-state index contributed by atoms with van der Waals surface area (Å²) in [6, 6.07) is 3.89. The highest BCUT2D eigenvalue weighted by Gasteiger charge is 2.28. The average molecular weight is 265 g/mol. The van der Waals surface area contributed by atoms with Crippen LogP contribution in [0.1, 0.15) is 19.6 Å². The lowest BCUT2D eigenvalue weighted by molar-refractivity contribution is 0.180. The Bertz CT molecular complexity index is 387. The normalized spacial score (nSPS) is 15.8. The summed E-state index contributed by atoms with van der Waals surface area (Å²) < 4.78 is 5.29. The first-order valence-corrected chi connectivity index (χ1v) is 7.03. The number of likely N-dealkylation sites (N-methyl/N-ethyl adjacent to an activating group) is 1. The van der Waals surface area contributed by atoms with Crippen LogP contribution in [0.3, 0.4) is 0 Å². The first kappa shape index (κ1) is 13.9. The van der Waals surface area contributed by atoms with Gasteiger partial charge in [0.1, 0.15) is 5.76 Å². The fourth-order valence-corrected chi connectivity index (χ4v) is 2.38. The number of amides is 2. The second-order valence-electron chi connectivity index (χ2n) is 4.80. The van der Waals surface area contributed by atoms with E-state index in [0.717, 1.165) is 45.0 Å². The van der Waals surface area contributed by atoms with Crippen LogP contribution in [0.5, 0.6) is 0 Å². The molecule has 1 aromatic heterocycles. The molecule has 1 fully saturated rings. The van der Waals surface area contributed by atoms with E-state index in [-0.39, 0.29) is 6.03 Å². The van der Waals surface area contributed by atoms with E-state index in [4.69, 9.17) is 4.42 Å². The van der Waals surface area contributed by atoms with Crippen LogP contribution in [-0.2, 0) is 6.54 Å². The van der Waals surface area contributed by atoms with Crippen molar-refractivity contribution in [3.8, 4) is 0 Å². The molecule has 0 saturated carbocycles. The maximum absolute atomic E-state index is 12.2. The summed E-state index contributed by atoms with van der Waals surface area (Å²) in [6.45, 7) is 10.3. The molecule has 1 aliphatic rings. The van der Waals surface area contributed by atoms with E-state index in [9.17, 15) is 4.79 Å². The number of hydrogen-bond donors (Lipinski definition) is 0. The number of rotatable bonds is 7. The Morgan fingerprint density at radius 3 is 2.63 bits per heavy atom. The highest BCUT2D eigenvalue weighted by molar-refractivity contribution is 5.76. The molecule has 0 radical (unpaired) electrons. The molecular weight excluding hydrogens is 242 g/mol. The van der Waals surface area contributed by atoms with Gasteiger partial charge in [-0.25, -0.2) is 4.79 Å². The molecule has 2 rings (SSSR count). The summed E-state index contributed by atoms with van der Waals surface area (Å²) in [5.41, 5.74) is 0. The number of urea groups is 1. The molecule has 0 aliphatic carbocycles. The van der Waals surface area contributed by atoms with Crippen molar-refractivity contribution in [2.45, 2.75) is 20.4 Å². The second-order valence-corrected chi connectivity index (χ2v) is 4.80. The van der Waals surface area contributed by atoms with Crippen molar-refractivity contribution < 1.29 is 9.21 Å². The standard InChI is InChI=1S/C14H23N3O2/c1-3-15(4-2)7-8-16-9-10-17(14(16)18)12-13-6-5-11-19-13/h5-6,11H,3-4,7-10,12H2,1-2H3. The molecular formula is C14H23N3O2. The fraction of sp³-hybridized carbons (Fsp3) is 0.643. The molecule has 5 heteroatoms. The van der Waals surface area contributed by atoms with E-state index >= 15 is 0 Å².